The molecule has 0 aliphatic heterocycles. The molecular weight excluding hydrogens is 1150 g/mol. The van der Waals surface area contributed by atoms with Crippen LogP contribution in [-0.4, -0.2) is 14.1 Å². The third-order valence-electron chi connectivity index (χ3n) is 20.4. The van der Waals surface area contributed by atoms with Crippen LogP contribution in [0.3, 0.4) is 0 Å². The van der Waals surface area contributed by atoms with Crippen LogP contribution in [0.4, 0.5) is 22.7 Å². The lowest BCUT2D eigenvalue weighted by molar-refractivity contribution is 0.476. The van der Waals surface area contributed by atoms with Crippen molar-refractivity contribution in [2.45, 2.75) is 83.5 Å². The van der Waals surface area contributed by atoms with Crippen molar-refractivity contribution < 1.29 is 0 Å². The van der Waals surface area contributed by atoms with Gasteiger partial charge in [-0.3, -0.25) is 0 Å². The third-order valence-corrected chi connectivity index (χ3v) is 20.4. The molecule has 0 bridgehead atoms. The third kappa shape index (κ3) is 13.5. The molecule has 2 heteroatoms. The van der Waals surface area contributed by atoms with Gasteiger partial charge in [-0.25, -0.2) is 0 Å². The summed E-state index contributed by atoms with van der Waals surface area (Å²) in [6, 6.07) is 122. The molecule has 0 saturated carbocycles. The summed E-state index contributed by atoms with van der Waals surface area (Å²) in [7, 11) is 4.31. The fourth-order valence-electron chi connectivity index (χ4n) is 14.5. The van der Waals surface area contributed by atoms with Crippen LogP contribution in [0.5, 0.6) is 0 Å². The van der Waals surface area contributed by atoms with Gasteiger partial charge in [0.2, 0.25) is 0 Å². The number of nitrogens with zero attached hydrogens (tertiary/aromatic N) is 2. The molecule has 13 aromatic rings. The smallest absolute Gasteiger partial charge is 0.0451 e. The van der Waals surface area contributed by atoms with E-state index in [9.17, 15) is 0 Å². The normalized spacial score (nSPS) is 12.1. The number of aryl methyl sites for hydroxylation is 1. The minimum atomic E-state index is -0.392. The van der Waals surface area contributed by atoms with Crippen LogP contribution in [0.25, 0.3) is 77.9 Å². The van der Waals surface area contributed by atoms with E-state index in [-0.39, 0.29) is 5.41 Å². The quantitative estimate of drug-likeness (QED) is 0.0465. The summed E-state index contributed by atoms with van der Waals surface area (Å²) in [6.07, 6.45) is 7.71. The molecule has 0 heterocycles. The van der Waals surface area contributed by atoms with Gasteiger partial charge in [0.25, 0.3) is 0 Å². The Hall–Kier alpha value is -10.5. The lowest BCUT2D eigenvalue weighted by Crippen LogP contribution is -2.30. The number of benzene rings is 13. The highest BCUT2D eigenvalue weighted by molar-refractivity contribution is 5.78. The van der Waals surface area contributed by atoms with Crippen molar-refractivity contribution in [3.8, 4) is 77.9 Å². The summed E-state index contributed by atoms with van der Waals surface area (Å²) in [6.45, 7) is 9.21. The van der Waals surface area contributed by atoms with E-state index in [4.69, 9.17) is 0 Å². The van der Waals surface area contributed by atoms with Gasteiger partial charge >= 0.3 is 0 Å². The molecule has 0 amide bonds. The maximum atomic E-state index is 2.48. The van der Waals surface area contributed by atoms with Gasteiger partial charge in [-0.05, 0) is 193 Å². The first-order valence-electron chi connectivity index (χ1n) is 34.3. The molecule has 1 unspecified atom stereocenters. The second-order valence-electron chi connectivity index (χ2n) is 25.9. The maximum Gasteiger partial charge on any atom is 0.0451 e. The van der Waals surface area contributed by atoms with Gasteiger partial charge in [0.05, 0.1) is 0 Å². The van der Waals surface area contributed by atoms with Crippen molar-refractivity contribution in [3.63, 3.8) is 0 Å². The molecule has 13 aromatic carbocycles. The standard InChI is InChI=1S/C93H86N2/c1-7-10-11-18-65-93(85-49-35-73(36-50-85)71-31-29-68(4)30-32-71,86-51-37-74(38-52-86)76-41-59-89(60-42-76)95(6)91-63-45-78(46-64-91)82-28-20-26-80(67-82)70-23-16-13-17-24-70)87-55-53-84(54-56-87)92(8-2,9-3)83-47-33-72(34-48-83)75-39-57-88(58-40-75)94(5)90-61-43-77(44-62-90)81-27-19-25-79(66-81)69-21-14-12-15-22-69/h12-17,19-64,66-67H,7-11,18,65H2,1-6H3. The zero-order chi connectivity index (χ0) is 65.1. The van der Waals surface area contributed by atoms with Gasteiger partial charge in [-0.1, -0.05) is 319 Å². The van der Waals surface area contributed by atoms with Gasteiger partial charge in [-0.15, -0.1) is 0 Å². The monoisotopic (exact) mass is 1230 g/mol. The molecule has 0 aromatic heterocycles. The first-order valence-corrected chi connectivity index (χ1v) is 34.3. The number of unbranched alkanes of at least 4 members (excludes halogenated alkanes) is 3. The summed E-state index contributed by atoms with van der Waals surface area (Å²) in [4.78, 5) is 4.54. The SMILES string of the molecule is CCCCCCC(c1ccc(-c2ccc(C)cc2)cc1)(c1ccc(-c2ccc(N(C)c3ccc(-c4cccc(-c5ccccc5)c4)cc3)cc2)cc1)c1ccc(C(CC)(CC)c2ccc(-c3ccc(N(C)c4ccc(-c5cccc(-c6ccccc6)c5)cc4)cc3)cc2)cc1. The molecule has 1 atom stereocenters. The molecule has 0 radical (unpaired) electrons. The highest BCUT2D eigenvalue weighted by atomic mass is 15.1. The van der Waals surface area contributed by atoms with E-state index >= 15 is 0 Å². The number of anilines is 4. The summed E-state index contributed by atoms with van der Waals surface area (Å²) in [5.41, 5.74) is 29.1. The first kappa shape index (κ1) is 63.2. The maximum absolute atomic E-state index is 2.48. The second-order valence-corrected chi connectivity index (χ2v) is 25.9. The van der Waals surface area contributed by atoms with E-state index < -0.39 is 5.41 Å². The number of hydrogen-bond donors (Lipinski definition) is 0. The highest BCUT2D eigenvalue weighted by Crippen LogP contribution is 2.47. The summed E-state index contributed by atoms with van der Waals surface area (Å²) >= 11 is 0. The molecule has 0 fully saturated rings. The minimum Gasteiger partial charge on any atom is -0.345 e. The van der Waals surface area contributed by atoms with Gasteiger partial charge < -0.3 is 9.80 Å². The van der Waals surface area contributed by atoms with Gasteiger partial charge in [0, 0.05) is 47.7 Å². The van der Waals surface area contributed by atoms with Crippen molar-refractivity contribution in [1.82, 2.24) is 0 Å². The molecule has 468 valence electrons. The fourth-order valence-corrected chi connectivity index (χ4v) is 14.5. The van der Waals surface area contributed by atoms with Crippen LogP contribution < -0.4 is 9.80 Å². The van der Waals surface area contributed by atoms with Crippen LogP contribution >= 0.6 is 0 Å². The van der Waals surface area contributed by atoms with Crippen LogP contribution in [0.2, 0.25) is 0 Å². The van der Waals surface area contributed by atoms with Crippen LogP contribution in [0.15, 0.2) is 328 Å². The predicted octanol–water partition coefficient (Wildman–Crippen LogP) is 25.6. The average Bonchev–Trinajstić information content (AvgIpc) is 0.768. The molecule has 0 aliphatic rings. The van der Waals surface area contributed by atoms with Crippen molar-refractivity contribution in [2.75, 3.05) is 23.9 Å². The summed E-state index contributed by atoms with van der Waals surface area (Å²) < 4.78 is 0. The Morgan fingerprint density at radius 3 is 0.811 bits per heavy atom. The van der Waals surface area contributed by atoms with E-state index in [0.29, 0.717) is 0 Å². The van der Waals surface area contributed by atoms with Crippen molar-refractivity contribution in [2.24, 2.45) is 0 Å². The van der Waals surface area contributed by atoms with Crippen LogP contribution in [-0.2, 0) is 10.8 Å². The Labute approximate surface area is 565 Å². The number of hydrogen-bond acceptors (Lipinski definition) is 2. The Balaban J connectivity index is 0.757. The fraction of sp³-hybridized carbons (Fsp3) is 0.161. The van der Waals surface area contributed by atoms with Gasteiger partial charge in [0.15, 0.2) is 0 Å². The van der Waals surface area contributed by atoms with Crippen LogP contribution in [0, 0.1) is 6.92 Å². The largest absolute Gasteiger partial charge is 0.345 e. The molecule has 0 N–H and O–H groups in total. The van der Waals surface area contributed by atoms with E-state index in [1.165, 1.54) is 131 Å². The molecule has 95 heavy (non-hydrogen) atoms. The molecule has 0 spiro atoms. The van der Waals surface area contributed by atoms with Crippen molar-refractivity contribution >= 4 is 22.7 Å². The molecule has 0 saturated heterocycles. The van der Waals surface area contributed by atoms with Crippen molar-refractivity contribution in [1.29, 1.82) is 0 Å². The predicted molar refractivity (Wildman–Crippen MR) is 408 cm³/mol. The lowest BCUT2D eigenvalue weighted by Gasteiger charge is -2.38. The summed E-state index contributed by atoms with van der Waals surface area (Å²) in [5, 5.41) is 0. The Bertz CT molecular complexity index is 4590. The summed E-state index contributed by atoms with van der Waals surface area (Å²) in [5.74, 6) is 0. The molecule has 0 aliphatic carbocycles. The topological polar surface area (TPSA) is 6.48 Å². The first-order chi connectivity index (χ1) is 46.6. The van der Waals surface area contributed by atoms with E-state index in [1.54, 1.807) is 0 Å². The van der Waals surface area contributed by atoms with E-state index in [1.807, 2.05) is 0 Å². The van der Waals surface area contributed by atoms with E-state index in [0.717, 1.165) is 48.4 Å². The zero-order valence-corrected chi connectivity index (χ0v) is 56.0. The van der Waals surface area contributed by atoms with Crippen molar-refractivity contribution in [3.05, 3.63) is 361 Å². The van der Waals surface area contributed by atoms with E-state index in [2.05, 4.69) is 379 Å². The van der Waals surface area contributed by atoms with Crippen LogP contribution in [0.1, 0.15) is 99.1 Å². The average molecular weight is 1230 g/mol. The second kappa shape index (κ2) is 28.8. The molecule has 13 rings (SSSR count). The Morgan fingerprint density at radius 1 is 0.242 bits per heavy atom. The molecule has 2 nitrogen and oxygen atoms in total. The highest BCUT2D eigenvalue weighted by Gasteiger charge is 2.38. The molecular formula is C93H86N2. The zero-order valence-electron chi connectivity index (χ0n) is 56.0. The number of rotatable bonds is 23. The minimum absolute atomic E-state index is 0.157. The Morgan fingerprint density at radius 2 is 0.495 bits per heavy atom. The van der Waals surface area contributed by atoms with Gasteiger partial charge in [-0.2, -0.15) is 0 Å². The Kier molecular flexibility index (Phi) is 19.1. The van der Waals surface area contributed by atoms with Gasteiger partial charge in [0.1, 0.15) is 0 Å². The lowest BCUT2D eigenvalue weighted by atomic mass is 9.65.